The third kappa shape index (κ3) is 4.80. The first-order valence-corrected chi connectivity index (χ1v) is 16.3. The van der Waals surface area contributed by atoms with Gasteiger partial charge in [0.1, 0.15) is 0 Å². The molecule has 4 aromatic carbocycles. The lowest BCUT2D eigenvalue weighted by molar-refractivity contribution is 0.101. The fourth-order valence-electron chi connectivity index (χ4n) is 7.95. The molecule has 3 heterocycles. The minimum Gasteiger partial charge on any atom is -0.361 e. The van der Waals surface area contributed by atoms with E-state index in [0.29, 0.717) is 0 Å². The third-order valence-corrected chi connectivity index (χ3v) is 10.0. The molecule has 0 amide bonds. The molecule has 2 unspecified atom stereocenters. The van der Waals surface area contributed by atoms with Crippen molar-refractivity contribution in [1.29, 1.82) is 0 Å². The zero-order chi connectivity index (χ0) is 32.1. The van der Waals surface area contributed by atoms with Crippen molar-refractivity contribution in [2.75, 3.05) is 0 Å². The number of hydrogen-bond donors (Lipinski definition) is 3. The van der Waals surface area contributed by atoms with Gasteiger partial charge in [-0.1, -0.05) is 91.9 Å². The van der Waals surface area contributed by atoms with Crippen molar-refractivity contribution in [3.05, 3.63) is 165 Å². The highest BCUT2D eigenvalue weighted by atomic mass is 16.1. The average Bonchev–Trinajstić information content (AvgIpc) is 3.73. The maximum absolute atomic E-state index is 12.8. The minimum absolute atomic E-state index is 0.0220. The molecule has 0 aliphatic carbocycles. The summed E-state index contributed by atoms with van der Waals surface area (Å²) < 4.78 is 0. The second kappa shape index (κ2) is 11.7. The summed E-state index contributed by atoms with van der Waals surface area (Å²) in [5.74, 6) is -0.0644. The third-order valence-electron chi connectivity index (χ3n) is 10.0. The molecule has 4 nitrogen and oxygen atoms in total. The highest BCUT2D eigenvalue weighted by Gasteiger charge is 2.30. The molecule has 0 fully saturated rings. The Morgan fingerprint density at radius 3 is 1.54 bits per heavy atom. The van der Waals surface area contributed by atoms with Gasteiger partial charge in [-0.05, 0) is 103 Å². The number of Topliss-reactive ketones (excluding diaryl/α,β-unsaturated/α-hetero) is 1. The van der Waals surface area contributed by atoms with Crippen LogP contribution in [0.1, 0.15) is 98.0 Å². The monoisotopic (exact) mass is 603 g/mol. The molecule has 0 spiro atoms. The number of ketones is 1. The van der Waals surface area contributed by atoms with Gasteiger partial charge in [0.2, 0.25) is 0 Å². The Bertz CT molecular complexity index is 2230. The van der Waals surface area contributed by atoms with Gasteiger partial charge in [0.25, 0.3) is 0 Å². The van der Waals surface area contributed by atoms with Gasteiger partial charge in [-0.3, -0.25) is 4.79 Å². The Balaban J connectivity index is 1.48. The molecule has 0 radical (unpaired) electrons. The number of carbonyl (C=O) groups excluding carboxylic acids is 1. The topological polar surface area (TPSA) is 64.4 Å². The van der Waals surface area contributed by atoms with Crippen molar-refractivity contribution in [2.45, 2.75) is 59.8 Å². The second-order valence-electron chi connectivity index (χ2n) is 12.7. The first-order chi connectivity index (χ1) is 22.3. The molecular formula is C42H41N3O. The van der Waals surface area contributed by atoms with Crippen LogP contribution in [-0.4, -0.2) is 20.7 Å². The predicted octanol–water partition coefficient (Wildman–Crippen LogP) is 10.3. The molecule has 0 saturated heterocycles. The Morgan fingerprint density at radius 2 is 1.07 bits per heavy atom. The maximum Gasteiger partial charge on any atom is 0.161 e. The molecule has 46 heavy (non-hydrogen) atoms. The summed E-state index contributed by atoms with van der Waals surface area (Å²) in [7, 11) is 0. The van der Waals surface area contributed by atoms with E-state index in [9.17, 15) is 4.79 Å². The van der Waals surface area contributed by atoms with Crippen LogP contribution in [0.5, 0.6) is 0 Å². The van der Waals surface area contributed by atoms with Crippen LogP contribution in [0.15, 0.2) is 97.1 Å². The first-order valence-electron chi connectivity index (χ1n) is 16.3. The van der Waals surface area contributed by atoms with Gasteiger partial charge in [0.05, 0.1) is 11.8 Å². The number of aromatic amines is 3. The van der Waals surface area contributed by atoms with Crippen LogP contribution in [0.2, 0.25) is 0 Å². The summed E-state index contributed by atoms with van der Waals surface area (Å²) >= 11 is 0. The normalized spacial score (nSPS) is 13.0. The lowest BCUT2D eigenvalue weighted by Gasteiger charge is -2.21. The molecule has 0 saturated carbocycles. The van der Waals surface area contributed by atoms with E-state index in [1.165, 1.54) is 55.2 Å². The highest BCUT2D eigenvalue weighted by Crippen LogP contribution is 2.42. The molecular weight excluding hydrogens is 562 g/mol. The van der Waals surface area contributed by atoms with E-state index in [2.05, 4.69) is 140 Å². The van der Waals surface area contributed by atoms with Gasteiger partial charge in [-0.25, -0.2) is 0 Å². The Kier molecular flexibility index (Phi) is 7.52. The van der Waals surface area contributed by atoms with E-state index in [-0.39, 0.29) is 17.6 Å². The Hall–Kier alpha value is -5.09. The average molecular weight is 604 g/mol. The number of aryl methyl sites for hydroxylation is 2. The molecule has 4 heteroatoms. The number of rotatable bonds is 8. The van der Waals surface area contributed by atoms with Crippen LogP contribution in [0.25, 0.3) is 21.5 Å². The number of hydrogen-bond acceptors (Lipinski definition) is 1. The molecule has 0 aliphatic rings. The number of nitrogens with one attached hydrogen (secondary N) is 3. The van der Waals surface area contributed by atoms with Crippen LogP contribution < -0.4 is 0 Å². The van der Waals surface area contributed by atoms with Crippen molar-refractivity contribution < 1.29 is 4.79 Å². The summed E-state index contributed by atoms with van der Waals surface area (Å²) in [5.41, 5.74) is 13.6. The van der Waals surface area contributed by atoms with Gasteiger partial charge in [0, 0.05) is 39.7 Å². The summed E-state index contributed by atoms with van der Waals surface area (Å²) in [4.78, 5) is 24.2. The predicted molar refractivity (Wildman–Crippen MR) is 190 cm³/mol. The van der Waals surface area contributed by atoms with Crippen molar-refractivity contribution in [1.82, 2.24) is 15.0 Å². The van der Waals surface area contributed by atoms with E-state index in [1.54, 1.807) is 6.92 Å². The van der Waals surface area contributed by atoms with E-state index in [0.717, 1.165) is 40.3 Å². The standard InChI is InChI=1S/C42H41N3O/c1-7-31-24(2)41(43-26(31)4)39(34-20-12-16-29-14-8-10-18-32(29)34)36-22-23-37(45-36)40(42-25(3)38(28(6)46)27(5)44-42)35-21-13-17-30-15-9-11-19-33(30)35/h8-23,39-40,43-45H,7H2,1-6H3. The summed E-state index contributed by atoms with van der Waals surface area (Å²) in [6, 6.07) is 34.9. The molecule has 7 rings (SSSR count). The van der Waals surface area contributed by atoms with Gasteiger partial charge >= 0.3 is 0 Å². The fraction of sp³-hybridized carbons (Fsp3) is 0.214. The zero-order valence-electron chi connectivity index (χ0n) is 27.5. The number of H-pyrrole nitrogens is 3. The summed E-state index contributed by atoms with van der Waals surface area (Å²) in [5, 5.41) is 4.89. The van der Waals surface area contributed by atoms with E-state index >= 15 is 0 Å². The fourth-order valence-corrected chi connectivity index (χ4v) is 7.95. The van der Waals surface area contributed by atoms with Crippen LogP contribution in [-0.2, 0) is 6.42 Å². The quantitative estimate of drug-likeness (QED) is 0.149. The van der Waals surface area contributed by atoms with Crippen LogP contribution in [0, 0.1) is 27.7 Å². The number of fused-ring (bicyclic) bond motifs is 2. The lowest BCUT2D eigenvalue weighted by atomic mass is 9.86. The number of benzene rings is 4. The second-order valence-corrected chi connectivity index (χ2v) is 12.7. The van der Waals surface area contributed by atoms with Crippen LogP contribution >= 0.6 is 0 Å². The Morgan fingerprint density at radius 1 is 0.587 bits per heavy atom. The van der Waals surface area contributed by atoms with Gasteiger partial charge < -0.3 is 15.0 Å². The molecule has 2 atom stereocenters. The first kappa shape index (κ1) is 29.6. The van der Waals surface area contributed by atoms with Gasteiger partial charge in [0.15, 0.2) is 5.78 Å². The molecule has 230 valence electrons. The largest absolute Gasteiger partial charge is 0.361 e. The lowest BCUT2D eigenvalue weighted by Crippen LogP contribution is -2.10. The molecule has 3 N–H and O–H groups in total. The van der Waals surface area contributed by atoms with Crippen LogP contribution in [0.4, 0.5) is 0 Å². The van der Waals surface area contributed by atoms with Gasteiger partial charge in [-0.15, -0.1) is 0 Å². The smallest absolute Gasteiger partial charge is 0.161 e. The SMILES string of the molecule is CCc1c(C)[nH]c(C(c2ccc(C(c3[nH]c(C)c(C(C)=O)c3C)c3cccc4ccccc34)[nH]2)c2cccc3ccccc23)c1C. The van der Waals surface area contributed by atoms with Crippen molar-refractivity contribution in [3.8, 4) is 0 Å². The van der Waals surface area contributed by atoms with Gasteiger partial charge in [-0.2, -0.15) is 0 Å². The van der Waals surface area contributed by atoms with E-state index in [4.69, 9.17) is 0 Å². The molecule has 7 aromatic rings. The summed E-state index contributed by atoms with van der Waals surface area (Å²) in [6.45, 7) is 12.4. The Labute approximate surface area is 270 Å². The van der Waals surface area contributed by atoms with Crippen LogP contribution in [0.3, 0.4) is 0 Å². The highest BCUT2D eigenvalue weighted by molar-refractivity contribution is 5.97. The zero-order valence-corrected chi connectivity index (χ0v) is 27.5. The van der Waals surface area contributed by atoms with Crippen molar-refractivity contribution in [2.24, 2.45) is 0 Å². The summed E-state index contributed by atoms with van der Waals surface area (Å²) in [6.07, 6.45) is 0.986. The number of aromatic nitrogens is 3. The molecule has 3 aromatic heterocycles. The molecule has 0 aliphatic heterocycles. The van der Waals surface area contributed by atoms with E-state index < -0.39 is 0 Å². The maximum atomic E-state index is 12.8. The van der Waals surface area contributed by atoms with Crippen molar-refractivity contribution >= 4 is 27.3 Å². The minimum atomic E-state index is -0.127. The van der Waals surface area contributed by atoms with Crippen molar-refractivity contribution in [3.63, 3.8) is 0 Å². The number of carbonyl (C=O) groups is 1. The van der Waals surface area contributed by atoms with E-state index in [1.807, 2.05) is 6.92 Å². The molecule has 0 bridgehead atoms.